The maximum absolute atomic E-state index is 12.3. The summed E-state index contributed by atoms with van der Waals surface area (Å²) in [6.07, 6.45) is 9.15. The minimum atomic E-state index is -0.566. The number of hydrogen-bond donors (Lipinski definition) is 1. The molecule has 0 radical (unpaired) electrons. The van der Waals surface area contributed by atoms with Crippen LogP contribution in [0.2, 0.25) is 0 Å². The van der Waals surface area contributed by atoms with Crippen LogP contribution in [0.15, 0.2) is 12.2 Å². The molecule has 1 unspecified atom stereocenters. The maximum Gasteiger partial charge on any atom is 0.233 e. The van der Waals surface area contributed by atoms with E-state index in [0.29, 0.717) is 13.0 Å². The first-order valence-corrected chi connectivity index (χ1v) is 7.67. The number of unbranched alkanes of at least 4 members (excludes halogenated alkanes) is 2. The number of allylic oxidation sites excluding steroid dienone is 2. The van der Waals surface area contributed by atoms with Gasteiger partial charge in [-0.3, -0.25) is 9.59 Å². The number of hydrogen-bond acceptors (Lipinski definition) is 3. The van der Waals surface area contributed by atoms with Crippen LogP contribution < -0.4 is 0 Å². The van der Waals surface area contributed by atoms with Crippen molar-refractivity contribution in [2.45, 2.75) is 58.4 Å². The molecule has 4 heteroatoms. The molecule has 1 amide bonds. The monoisotopic (exact) mass is 281 g/mol. The molecule has 0 aromatic heterocycles. The van der Waals surface area contributed by atoms with Crippen LogP contribution >= 0.6 is 0 Å². The molecule has 0 spiro atoms. The van der Waals surface area contributed by atoms with Gasteiger partial charge in [-0.2, -0.15) is 0 Å². The van der Waals surface area contributed by atoms with Gasteiger partial charge in [0.1, 0.15) is 5.78 Å². The number of nitrogens with zero attached hydrogens (tertiary/aromatic N) is 1. The number of carbonyl (C=O) groups excluding carboxylic acids is 2. The van der Waals surface area contributed by atoms with Crippen molar-refractivity contribution in [1.29, 1.82) is 0 Å². The molecule has 0 bridgehead atoms. The summed E-state index contributed by atoms with van der Waals surface area (Å²) in [4.78, 5) is 26.0. The lowest BCUT2D eigenvalue weighted by atomic mass is 9.99. The van der Waals surface area contributed by atoms with Gasteiger partial charge in [0.25, 0.3) is 0 Å². The Balaban J connectivity index is 2.37. The van der Waals surface area contributed by atoms with Crippen molar-refractivity contribution in [3.63, 3.8) is 0 Å². The minimum Gasteiger partial charge on any atom is -0.394 e. The molecular formula is C16H27NO3. The normalized spacial score (nSPS) is 20.6. The Labute approximate surface area is 121 Å². The minimum absolute atomic E-state index is 0.00397. The van der Waals surface area contributed by atoms with Crippen molar-refractivity contribution in [1.82, 2.24) is 4.90 Å². The van der Waals surface area contributed by atoms with Gasteiger partial charge in [0.05, 0.1) is 18.6 Å². The molecule has 0 aliphatic carbocycles. The van der Waals surface area contributed by atoms with Crippen LogP contribution in [0, 0.1) is 5.92 Å². The van der Waals surface area contributed by atoms with Crippen molar-refractivity contribution in [3.05, 3.63) is 12.2 Å². The zero-order chi connectivity index (χ0) is 15.0. The summed E-state index contributed by atoms with van der Waals surface area (Å²) >= 11 is 0. The number of ketones is 1. The highest BCUT2D eigenvalue weighted by Crippen LogP contribution is 2.20. The number of aliphatic hydroxyl groups is 1. The van der Waals surface area contributed by atoms with E-state index in [0.717, 1.165) is 32.1 Å². The number of likely N-dealkylation sites (tertiary alicyclic amines) is 1. The van der Waals surface area contributed by atoms with Gasteiger partial charge >= 0.3 is 0 Å². The zero-order valence-corrected chi connectivity index (χ0v) is 12.7. The van der Waals surface area contributed by atoms with Crippen molar-refractivity contribution in [3.8, 4) is 0 Å². The molecule has 20 heavy (non-hydrogen) atoms. The molecule has 0 aromatic rings. The summed E-state index contributed by atoms with van der Waals surface area (Å²) in [5, 5.41) is 9.24. The average molecular weight is 281 g/mol. The van der Waals surface area contributed by atoms with Crippen LogP contribution in [-0.4, -0.2) is 40.9 Å². The third kappa shape index (κ3) is 4.75. The van der Waals surface area contributed by atoms with E-state index in [-0.39, 0.29) is 24.3 Å². The summed E-state index contributed by atoms with van der Waals surface area (Å²) in [6.45, 7) is 4.35. The SMILES string of the molecule is C/C=C/CCCCC(=O)C(C)C(=O)N1CCC[C@@H]1CO. The van der Waals surface area contributed by atoms with Crippen LogP contribution in [-0.2, 0) is 9.59 Å². The Morgan fingerprint density at radius 3 is 2.80 bits per heavy atom. The average Bonchev–Trinajstić information content (AvgIpc) is 2.93. The molecule has 1 N–H and O–H groups in total. The number of carbonyl (C=O) groups is 2. The summed E-state index contributed by atoms with van der Waals surface area (Å²) in [7, 11) is 0. The first kappa shape index (κ1) is 16.9. The maximum atomic E-state index is 12.3. The Kier molecular flexibility index (Phi) is 7.52. The Bertz CT molecular complexity index is 352. The topological polar surface area (TPSA) is 57.6 Å². The van der Waals surface area contributed by atoms with E-state index in [2.05, 4.69) is 6.08 Å². The fourth-order valence-corrected chi connectivity index (χ4v) is 2.65. The first-order chi connectivity index (χ1) is 9.61. The molecule has 1 fully saturated rings. The highest BCUT2D eigenvalue weighted by Gasteiger charge is 2.33. The molecule has 0 aromatic carbocycles. The van der Waals surface area contributed by atoms with E-state index < -0.39 is 5.92 Å². The van der Waals surface area contributed by atoms with E-state index >= 15 is 0 Å². The Morgan fingerprint density at radius 2 is 2.15 bits per heavy atom. The highest BCUT2D eigenvalue weighted by atomic mass is 16.3. The summed E-state index contributed by atoms with van der Waals surface area (Å²) in [6, 6.07) is -0.0903. The highest BCUT2D eigenvalue weighted by molar-refractivity contribution is 6.01. The van der Waals surface area contributed by atoms with Crippen molar-refractivity contribution in [2.24, 2.45) is 5.92 Å². The molecule has 1 saturated heterocycles. The molecule has 0 saturated carbocycles. The number of Topliss-reactive ketones (excluding diaryl/α,β-unsaturated/α-hetero) is 1. The third-order valence-corrected chi connectivity index (χ3v) is 4.00. The zero-order valence-electron chi connectivity index (χ0n) is 12.7. The second kappa shape index (κ2) is 8.90. The van der Waals surface area contributed by atoms with E-state index in [9.17, 15) is 14.7 Å². The predicted octanol–water partition coefficient (Wildman–Crippen LogP) is 2.31. The molecule has 2 atom stereocenters. The van der Waals surface area contributed by atoms with Crippen LogP contribution in [0.3, 0.4) is 0 Å². The molecular weight excluding hydrogens is 254 g/mol. The van der Waals surface area contributed by atoms with E-state index in [1.54, 1.807) is 11.8 Å². The largest absolute Gasteiger partial charge is 0.394 e. The van der Waals surface area contributed by atoms with Gasteiger partial charge in [-0.1, -0.05) is 12.2 Å². The van der Waals surface area contributed by atoms with Gasteiger partial charge in [0.15, 0.2) is 0 Å². The van der Waals surface area contributed by atoms with Gasteiger partial charge in [-0.15, -0.1) is 0 Å². The van der Waals surface area contributed by atoms with Gasteiger partial charge in [-0.25, -0.2) is 0 Å². The van der Waals surface area contributed by atoms with Crippen molar-refractivity contribution < 1.29 is 14.7 Å². The fraction of sp³-hybridized carbons (Fsp3) is 0.750. The molecule has 1 heterocycles. The molecule has 4 nitrogen and oxygen atoms in total. The third-order valence-electron chi connectivity index (χ3n) is 4.00. The lowest BCUT2D eigenvalue weighted by molar-refractivity contribution is -0.141. The van der Waals surface area contributed by atoms with Crippen molar-refractivity contribution in [2.75, 3.05) is 13.2 Å². The fourth-order valence-electron chi connectivity index (χ4n) is 2.65. The lowest BCUT2D eigenvalue weighted by Crippen LogP contribution is -2.42. The van der Waals surface area contributed by atoms with Gasteiger partial charge in [-0.05, 0) is 46.0 Å². The van der Waals surface area contributed by atoms with E-state index in [4.69, 9.17) is 0 Å². The predicted molar refractivity (Wildman–Crippen MR) is 79.3 cm³/mol. The summed E-state index contributed by atoms with van der Waals surface area (Å²) < 4.78 is 0. The van der Waals surface area contributed by atoms with Crippen LogP contribution in [0.25, 0.3) is 0 Å². The Morgan fingerprint density at radius 1 is 1.40 bits per heavy atom. The van der Waals surface area contributed by atoms with Crippen molar-refractivity contribution >= 4 is 11.7 Å². The van der Waals surface area contributed by atoms with Crippen LogP contribution in [0.5, 0.6) is 0 Å². The summed E-state index contributed by atoms with van der Waals surface area (Å²) in [5.41, 5.74) is 0. The van der Waals surface area contributed by atoms with Gasteiger partial charge < -0.3 is 10.0 Å². The van der Waals surface area contributed by atoms with Gasteiger partial charge in [0, 0.05) is 13.0 Å². The van der Waals surface area contributed by atoms with Crippen LogP contribution in [0.4, 0.5) is 0 Å². The molecule has 1 aliphatic heterocycles. The number of rotatable bonds is 8. The van der Waals surface area contributed by atoms with Gasteiger partial charge in [0.2, 0.25) is 5.91 Å². The first-order valence-electron chi connectivity index (χ1n) is 7.67. The molecule has 1 rings (SSSR count). The Hall–Kier alpha value is -1.16. The van der Waals surface area contributed by atoms with Crippen LogP contribution in [0.1, 0.15) is 52.4 Å². The molecule has 114 valence electrons. The number of amides is 1. The molecule has 1 aliphatic rings. The van der Waals surface area contributed by atoms with E-state index in [1.807, 2.05) is 13.0 Å². The lowest BCUT2D eigenvalue weighted by Gasteiger charge is -2.25. The quantitative estimate of drug-likeness (QED) is 0.422. The summed E-state index contributed by atoms with van der Waals surface area (Å²) in [5.74, 6) is -0.650. The second-order valence-electron chi connectivity index (χ2n) is 5.51. The van der Waals surface area contributed by atoms with E-state index in [1.165, 1.54) is 0 Å². The smallest absolute Gasteiger partial charge is 0.233 e. The number of aliphatic hydroxyl groups excluding tert-OH is 1. The second-order valence-corrected chi connectivity index (χ2v) is 5.51. The standard InChI is InChI=1S/C16H27NO3/c1-3-4-5-6-7-10-15(19)13(2)16(20)17-11-8-9-14(17)12-18/h3-4,13-14,18H,5-12H2,1-2H3/b4-3+/t13?,14-/m1/s1.